The predicted molar refractivity (Wildman–Crippen MR) is 116 cm³/mol. The van der Waals surface area contributed by atoms with Crippen molar-refractivity contribution in [2.45, 2.75) is 53.1 Å². The summed E-state index contributed by atoms with van der Waals surface area (Å²) >= 11 is 0. The lowest BCUT2D eigenvalue weighted by molar-refractivity contribution is -0.142. The molecule has 0 aliphatic rings. The largest absolute Gasteiger partial charge is 0.484 e. The molecule has 2 aromatic carbocycles. The molecule has 156 valence electrons. The van der Waals surface area contributed by atoms with Crippen LogP contribution in [0.3, 0.4) is 0 Å². The standard InChI is InChI=1S/C24H32N2O3/c1-5-15-25-24(28)19(4)26(16-21-10-8-7-9-18(21)3)23(27)17-29-22-13-11-20(6-2)12-14-22/h7-14,19H,5-6,15-17H2,1-4H3,(H,25,28). The van der Waals surface area contributed by atoms with Crippen LogP contribution < -0.4 is 10.1 Å². The minimum absolute atomic E-state index is 0.108. The monoisotopic (exact) mass is 396 g/mol. The summed E-state index contributed by atoms with van der Waals surface area (Å²) in [6.45, 7) is 8.71. The molecule has 5 nitrogen and oxygen atoms in total. The van der Waals surface area contributed by atoms with Gasteiger partial charge in [0.25, 0.3) is 5.91 Å². The van der Waals surface area contributed by atoms with Crippen molar-refractivity contribution in [1.82, 2.24) is 10.2 Å². The maximum absolute atomic E-state index is 13.0. The third-order valence-corrected chi connectivity index (χ3v) is 5.01. The van der Waals surface area contributed by atoms with E-state index in [1.807, 2.05) is 62.4 Å². The normalized spacial score (nSPS) is 11.6. The lowest BCUT2D eigenvalue weighted by Crippen LogP contribution is -2.49. The third kappa shape index (κ3) is 6.63. The summed E-state index contributed by atoms with van der Waals surface area (Å²) in [5, 5.41) is 2.88. The maximum atomic E-state index is 13.0. The number of aryl methyl sites for hydroxylation is 2. The zero-order valence-corrected chi connectivity index (χ0v) is 17.9. The van der Waals surface area contributed by atoms with Gasteiger partial charge in [-0.2, -0.15) is 0 Å². The lowest BCUT2D eigenvalue weighted by Gasteiger charge is -2.29. The topological polar surface area (TPSA) is 58.6 Å². The van der Waals surface area contributed by atoms with Crippen molar-refractivity contribution in [3.05, 3.63) is 65.2 Å². The fourth-order valence-electron chi connectivity index (χ4n) is 3.00. The summed E-state index contributed by atoms with van der Waals surface area (Å²) in [7, 11) is 0. The minimum Gasteiger partial charge on any atom is -0.484 e. The summed E-state index contributed by atoms with van der Waals surface area (Å²) in [5.41, 5.74) is 3.32. The smallest absolute Gasteiger partial charge is 0.261 e. The van der Waals surface area contributed by atoms with Gasteiger partial charge >= 0.3 is 0 Å². The molecule has 0 saturated carbocycles. The van der Waals surface area contributed by atoms with Gasteiger partial charge in [0.2, 0.25) is 5.91 Å². The number of ether oxygens (including phenoxy) is 1. The van der Waals surface area contributed by atoms with E-state index in [0.29, 0.717) is 18.8 Å². The van der Waals surface area contributed by atoms with E-state index in [-0.39, 0.29) is 18.4 Å². The minimum atomic E-state index is -0.584. The van der Waals surface area contributed by atoms with Crippen LogP contribution in [0.2, 0.25) is 0 Å². The molecule has 5 heteroatoms. The number of carbonyl (C=O) groups excluding carboxylic acids is 2. The highest BCUT2D eigenvalue weighted by Crippen LogP contribution is 2.16. The molecule has 0 bridgehead atoms. The second kappa shape index (κ2) is 11.2. The predicted octanol–water partition coefficient (Wildman–Crippen LogP) is 3.88. The molecule has 2 rings (SSSR count). The molecule has 0 spiro atoms. The fourth-order valence-corrected chi connectivity index (χ4v) is 3.00. The van der Waals surface area contributed by atoms with E-state index in [1.165, 1.54) is 5.56 Å². The van der Waals surface area contributed by atoms with Crippen LogP contribution in [0, 0.1) is 6.92 Å². The number of nitrogens with one attached hydrogen (secondary N) is 1. The molecule has 1 N–H and O–H groups in total. The maximum Gasteiger partial charge on any atom is 0.261 e. The Morgan fingerprint density at radius 3 is 2.38 bits per heavy atom. The van der Waals surface area contributed by atoms with E-state index >= 15 is 0 Å². The Bertz CT molecular complexity index is 802. The highest BCUT2D eigenvalue weighted by molar-refractivity contribution is 5.87. The fraction of sp³-hybridized carbons (Fsp3) is 0.417. The SMILES string of the molecule is CCCNC(=O)C(C)N(Cc1ccccc1C)C(=O)COc1ccc(CC)cc1. The molecule has 0 aliphatic heterocycles. The summed E-state index contributed by atoms with van der Waals surface area (Å²) in [4.78, 5) is 27.1. The number of rotatable bonds is 10. The first-order valence-electron chi connectivity index (χ1n) is 10.3. The molecule has 0 fully saturated rings. The summed E-state index contributed by atoms with van der Waals surface area (Å²) < 4.78 is 5.70. The highest BCUT2D eigenvalue weighted by Gasteiger charge is 2.26. The number of carbonyl (C=O) groups is 2. The van der Waals surface area contributed by atoms with Crippen molar-refractivity contribution in [2.75, 3.05) is 13.2 Å². The van der Waals surface area contributed by atoms with Crippen LogP contribution in [-0.2, 0) is 22.6 Å². The summed E-state index contributed by atoms with van der Waals surface area (Å²) in [6.07, 6.45) is 1.80. The lowest BCUT2D eigenvalue weighted by atomic mass is 10.1. The number of nitrogens with zero attached hydrogens (tertiary/aromatic N) is 1. The van der Waals surface area contributed by atoms with Gasteiger partial charge in [-0.05, 0) is 55.5 Å². The van der Waals surface area contributed by atoms with Crippen LogP contribution in [0.5, 0.6) is 5.75 Å². The van der Waals surface area contributed by atoms with Gasteiger partial charge in [0.15, 0.2) is 6.61 Å². The van der Waals surface area contributed by atoms with Gasteiger partial charge in [-0.15, -0.1) is 0 Å². The first kappa shape index (κ1) is 22.5. The van der Waals surface area contributed by atoms with Crippen LogP contribution >= 0.6 is 0 Å². The average molecular weight is 397 g/mol. The Kier molecular flexibility index (Phi) is 8.71. The van der Waals surface area contributed by atoms with Crippen molar-refractivity contribution in [3.63, 3.8) is 0 Å². The van der Waals surface area contributed by atoms with E-state index in [4.69, 9.17) is 4.74 Å². The number of benzene rings is 2. The quantitative estimate of drug-likeness (QED) is 0.663. The molecule has 1 unspecified atom stereocenters. The molecular weight excluding hydrogens is 364 g/mol. The van der Waals surface area contributed by atoms with Crippen molar-refractivity contribution in [2.24, 2.45) is 0 Å². The molecule has 0 radical (unpaired) electrons. The van der Waals surface area contributed by atoms with Crippen LogP contribution in [0.4, 0.5) is 0 Å². The molecule has 1 atom stereocenters. The van der Waals surface area contributed by atoms with E-state index in [2.05, 4.69) is 12.2 Å². The van der Waals surface area contributed by atoms with Gasteiger partial charge in [0.05, 0.1) is 0 Å². The van der Waals surface area contributed by atoms with Gasteiger partial charge in [0.1, 0.15) is 11.8 Å². The van der Waals surface area contributed by atoms with Gasteiger partial charge in [-0.1, -0.05) is 50.2 Å². The molecule has 0 heterocycles. The first-order valence-corrected chi connectivity index (χ1v) is 10.3. The summed E-state index contributed by atoms with van der Waals surface area (Å²) in [6, 6.07) is 15.0. The van der Waals surface area contributed by atoms with Crippen molar-refractivity contribution < 1.29 is 14.3 Å². The van der Waals surface area contributed by atoms with Gasteiger partial charge < -0.3 is 15.0 Å². The van der Waals surface area contributed by atoms with Crippen LogP contribution in [0.25, 0.3) is 0 Å². The average Bonchev–Trinajstić information content (AvgIpc) is 2.75. The molecule has 2 amide bonds. The Labute approximate surface area is 174 Å². The Morgan fingerprint density at radius 1 is 1.07 bits per heavy atom. The number of hydrogen-bond acceptors (Lipinski definition) is 3. The molecule has 0 aromatic heterocycles. The Hall–Kier alpha value is -2.82. The molecular formula is C24H32N2O3. The van der Waals surface area contributed by atoms with Crippen LogP contribution in [-0.4, -0.2) is 35.9 Å². The number of amides is 2. The second-order valence-electron chi connectivity index (χ2n) is 7.20. The van der Waals surface area contributed by atoms with E-state index < -0.39 is 6.04 Å². The first-order chi connectivity index (χ1) is 14.0. The molecule has 2 aromatic rings. The van der Waals surface area contributed by atoms with Crippen LogP contribution in [0.1, 0.15) is 43.9 Å². The molecule has 0 saturated heterocycles. The van der Waals surface area contributed by atoms with Gasteiger partial charge in [-0.25, -0.2) is 0 Å². The van der Waals surface area contributed by atoms with Crippen molar-refractivity contribution in [3.8, 4) is 5.75 Å². The second-order valence-corrected chi connectivity index (χ2v) is 7.20. The van der Waals surface area contributed by atoms with E-state index in [0.717, 1.165) is 24.0 Å². The molecule has 0 aliphatic carbocycles. The zero-order chi connectivity index (χ0) is 21.2. The van der Waals surface area contributed by atoms with E-state index in [9.17, 15) is 9.59 Å². The van der Waals surface area contributed by atoms with Gasteiger partial charge in [-0.3, -0.25) is 9.59 Å². The van der Waals surface area contributed by atoms with Crippen molar-refractivity contribution in [1.29, 1.82) is 0 Å². The van der Waals surface area contributed by atoms with Crippen LogP contribution in [0.15, 0.2) is 48.5 Å². The number of hydrogen-bond donors (Lipinski definition) is 1. The van der Waals surface area contributed by atoms with Gasteiger partial charge in [0, 0.05) is 13.1 Å². The third-order valence-electron chi connectivity index (χ3n) is 5.01. The highest BCUT2D eigenvalue weighted by atomic mass is 16.5. The Morgan fingerprint density at radius 2 is 1.76 bits per heavy atom. The summed E-state index contributed by atoms with van der Waals surface area (Å²) in [5.74, 6) is 0.280. The van der Waals surface area contributed by atoms with E-state index in [1.54, 1.807) is 11.8 Å². The zero-order valence-electron chi connectivity index (χ0n) is 17.9. The van der Waals surface area contributed by atoms with Crippen molar-refractivity contribution >= 4 is 11.8 Å². The molecule has 29 heavy (non-hydrogen) atoms. The Balaban J connectivity index is 2.12.